The zero-order valence-electron chi connectivity index (χ0n) is 17.8. The lowest BCUT2D eigenvalue weighted by atomic mass is 10.1. The minimum atomic E-state index is -3.56. The average molecular weight is 470 g/mol. The predicted octanol–water partition coefficient (Wildman–Crippen LogP) is 1.92. The van der Waals surface area contributed by atoms with Crippen molar-refractivity contribution in [2.45, 2.75) is 25.1 Å². The molecule has 1 unspecified atom stereocenters. The fraction of sp³-hybridized carbons (Fsp3) is 0.286. The molecule has 0 saturated carbocycles. The Bertz CT molecular complexity index is 1420. The third kappa shape index (κ3) is 4.68. The first-order valence-electron chi connectivity index (χ1n) is 9.90. The topological polar surface area (TPSA) is 145 Å². The minimum Gasteiger partial charge on any atom is -0.463 e. The SMILES string of the molecule is CC#CCOc1cnc2c(Nc3cnc(F)c([C@@H]4CS(=O)(=O)C(C)C(N)=N4)c3)nccc2n1. The van der Waals surface area contributed by atoms with Crippen LogP contribution in [0.4, 0.5) is 15.9 Å². The van der Waals surface area contributed by atoms with Crippen LogP contribution >= 0.6 is 0 Å². The maximum absolute atomic E-state index is 14.5. The summed E-state index contributed by atoms with van der Waals surface area (Å²) < 4.78 is 44.6. The van der Waals surface area contributed by atoms with E-state index in [-0.39, 0.29) is 23.8 Å². The van der Waals surface area contributed by atoms with E-state index in [4.69, 9.17) is 10.5 Å². The fourth-order valence-electron chi connectivity index (χ4n) is 3.21. The summed E-state index contributed by atoms with van der Waals surface area (Å²) in [5, 5.41) is 2.12. The Balaban J connectivity index is 1.64. The maximum Gasteiger partial charge on any atom is 0.233 e. The van der Waals surface area contributed by atoms with E-state index in [1.807, 2.05) is 0 Å². The van der Waals surface area contributed by atoms with E-state index in [0.717, 1.165) is 0 Å². The van der Waals surface area contributed by atoms with Crippen molar-refractivity contribution in [3.8, 4) is 17.7 Å². The molecular formula is C21H20FN7O3S. The molecule has 4 rings (SSSR count). The largest absolute Gasteiger partial charge is 0.463 e. The van der Waals surface area contributed by atoms with Gasteiger partial charge in [-0.05, 0) is 26.0 Å². The maximum atomic E-state index is 14.5. The summed E-state index contributed by atoms with van der Waals surface area (Å²) in [6.07, 6.45) is 4.25. The van der Waals surface area contributed by atoms with Crippen molar-refractivity contribution in [2.24, 2.45) is 10.7 Å². The third-order valence-corrected chi connectivity index (χ3v) is 7.14. The van der Waals surface area contributed by atoms with Gasteiger partial charge in [0.05, 0.1) is 35.4 Å². The molecule has 0 amide bonds. The van der Waals surface area contributed by atoms with Gasteiger partial charge >= 0.3 is 0 Å². The van der Waals surface area contributed by atoms with Gasteiger partial charge < -0.3 is 15.8 Å². The Morgan fingerprint density at radius 2 is 2.12 bits per heavy atom. The summed E-state index contributed by atoms with van der Waals surface area (Å²) >= 11 is 0. The molecule has 170 valence electrons. The van der Waals surface area contributed by atoms with Gasteiger partial charge in [0.1, 0.15) is 16.6 Å². The lowest BCUT2D eigenvalue weighted by Gasteiger charge is -2.24. The molecule has 0 aromatic carbocycles. The monoisotopic (exact) mass is 469 g/mol. The molecule has 0 bridgehead atoms. The molecule has 3 aromatic heterocycles. The van der Waals surface area contributed by atoms with Crippen LogP contribution in [-0.4, -0.2) is 51.8 Å². The van der Waals surface area contributed by atoms with Gasteiger partial charge in [0, 0.05) is 11.8 Å². The van der Waals surface area contributed by atoms with E-state index >= 15 is 0 Å². The van der Waals surface area contributed by atoms with Gasteiger partial charge in [-0.25, -0.2) is 28.4 Å². The summed E-state index contributed by atoms with van der Waals surface area (Å²) in [6, 6.07) is 2.11. The number of amidine groups is 1. The molecule has 3 N–H and O–H groups in total. The van der Waals surface area contributed by atoms with E-state index in [1.165, 1.54) is 31.6 Å². The molecule has 0 radical (unpaired) electrons. The quantitative estimate of drug-likeness (QED) is 0.423. The molecule has 2 atom stereocenters. The van der Waals surface area contributed by atoms with Crippen molar-refractivity contribution in [3.05, 3.63) is 42.2 Å². The molecule has 1 aliphatic rings. The number of fused-ring (bicyclic) bond motifs is 1. The van der Waals surface area contributed by atoms with Gasteiger partial charge in [0.15, 0.2) is 22.3 Å². The second-order valence-electron chi connectivity index (χ2n) is 7.22. The van der Waals surface area contributed by atoms with Crippen LogP contribution in [0.25, 0.3) is 11.0 Å². The van der Waals surface area contributed by atoms with Gasteiger partial charge in [-0.15, -0.1) is 5.92 Å². The summed E-state index contributed by atoms with van der Waals surface area (Å²) in [4.78, 5) is 20.9. The Morgan fingerprint density at radius 3 is 2.88 bits per heavy atom. The Labute approximate surface area is 189 Å². The number of sulfone groups is 1. The predicted molar refractivity (Wildman–Crippen MR) is 121 cm³/mol. The van der Waals surface area contributed by atoms with Gasteiger partial charge in [-0.2, -0.15) is 4.39 Å². The fourth-order valence-corrected chi connectivity index (χ4v) is 4.62. The van der Waals surface area contributed by atoms with Crippen molar-refractivity contribution < 1.29 is 17.5 Å². The van der Waals surface area contributed by atoms with Crippen molar-refractivity contribution >= 4 is 38.2 Å². The normalized spacial score (nSPS) is 19.3. The van der Waals surface area contributed by atoms with Crippen LogP contribution in [0.2, 0.25) is 0 Å². The van der Waals surface area contributed by atoms with Gasteiger partial charge in [0.2, 0.25) is 11.8 Å². The number of aliphatic imine (C=N–C) groups is 1. The van der Waals surface area contributed by atoms with E-state index in [2.05, 4.69) is 42.1 Å². The number of hydrogen-bond donors (Lipinski definition) is 2. The number of nitrogens with one attached hydrogen (secondary N) is 1. The number of rotatable bonds is 5. The molecular weight excluding hydrogens is 449 g/mol. The van der Waals surface area contributed by atoms with E-state index < -0.39 is 27.1 Å². The highest BCUT2D eigenvalue weighted by Gasteiger charge is 2.35. The van der Waals surface area contributed by atoms with E-state index in [9.17, 15) is 12.8 Å². The second-order valence-corrected chi connectivity index (χ2v) is 9.59. The van der Waals surface area contributed by atoms with Gasteiger partial charge in [-0.1, -0.05) is 5.92 Å². The lowest BCUT2D eigenvalue weighted by Crippen LogP contribution is -2.41. The van der Waals surface area contributed by atoms with Crippen LogP contribution in [0.15, 0.2) is 35.7 Å². The molecule has 1 aliphatic heterocycles. The first kappa shape index (κ1) is 22.3. The summed E-state index contributed by atoms with van der Waals surface area (Å²) in [5.41, 5.74) is 7.13. The van der Waals surface area contributed by atoms with Crippen molar-refractivity contribution in [3.63, 3.8) is 0 Å². The van der Waals surface area contributed by atoms with Crippen LogP contribution in [0.3, 0.4) is 0 Å². The first-order chi connectivity index (χ1) is 15.8. The number of halogens is 1. The molecule has 4 heterocycles. The molecule has 33 heavy (non-hydrogen) atoms. The van der Waals surface area contributed by atoms with Crippen molar-refractivity contribution in [1.82, 2.24) is 19.9 Å². The average Bonchev–Trinajstić information content (AvgIpc) is 2.78. The van der Waals surface area contributed by atoms with E-state index in [1.54, 1.807) is 13.0 Å². The first-order valence-corrected chi connectivity index (χ1v) is 11.6. The highest BCUT2D eigenvalue weighted by Crippen LogP contribution is 2.30. The molecule has 10 nitrogen and oxygen atoms in total. The standard InChI is InChI=1S/C21H20FN7O3S/c1-3-4-7-32-17-10-25-18-15(28-17)5-6-24-21(18)27-13-8-14(19(22)26-9-13)16-11-33(30,31)12(2)20(23)29-16/h5-6,8-10,12,16H,7,11H2,1-2H3,(H2,23,29)(H,24,27)/t12?,16-/m0/s1. The van der Waals surface area contributed by atoms with Crippen LogP contribution in [0.1, 0.15) is 25.5 Å². The van der Waals surface area contributed by atoms with Crippen LogP contribution in [0, 0.1) is 17.8 Å². The van der Waals surface area contributed by atoms with Gasteiger partial charge in [0.25, 0.3) is 0 Å². The number of nitrogens with zero attached hydrogens (tertiary/aromatic N) is 5. The molecule has 0 aliphatic carbocycles. The highest BCUT2D eigenvalue weighted by molar-refractivity contribution is 7.92. The van der Waals surface area contributed by atoms with Crippen LogP contribution in [0.5, 0.6) is 5.88 Å². The van der Waals surface area contributed by atoms with Crippen molar-refractivity contribution in [2.75, 3.05) is 17.7 Å². The molecule has 0 spiro atoms. The second kappa shape index (κ2) is 8.95. The van der Waals surface area contributed by atoms with Crippen LogP contribution in [-0.2, 0) is 9.84 Å². The number of pyridine rings is 2. The summed E-state index contributed by atoms with van der Waals surface area (Å²) in [5.74, 6) is 4.93. The number of ether oxygens (including phenoxy) is 1. The number of anilines is 2. The Hall–Kier alpha value is -3.85. The smallest absolute Gasteiger partial charge is 0.233 e. The van der Waals surface area contributed by atoms with E-state index in [0.29, 0.717) is 28.4 Å². The summed E-state index contributed by atoms with van der Waals surface area (Å²) in [6.45, 7) is 3.36. The molecule has 12 heteroatoms. The lowest BCUT2D eigenvalue weighted by molar-refractivity contribution is 0.355. The molecule has 0 saturated heterocycles. The molecule has 3 aromatic rings. The highest BCUT2D eigenvalue weighted by atomic mass is 32.2. The van der Waals surface area contributed by atoms with Gasteiger partial charge in [-0.3, -0.25) is 4.99 Å². The van der Waals surface area contributed by atoms with Crippen LogP contribution < -0.4 is 15.8 Å². The zero-order chi connectivity index (χ0) is 23.6. The zero-order valence-corrected chi connectivity index (χ0v) is 18.6. The molecule has 0 fully saturated rings. The minimum absolute atomic E-state index is 0.0115. The van der Waals surface area contributed by atoms with Crippen molar-refractivity contribution in [1.29, 1.82) is 0 Å². The third-order valence-electron chi connectivity index (χ3n) is 5.04. The number of aromatic nitrogens is 4. The summed E-state index contributed by atoms with van der Waals surface area (Å²) in [7, 11) is -3.56. The Morgan fingerprint density at radius 1 is 1.30 bits per heavy atom. The Kier molecular flexibility index (Phi) is 6.06. The number of nitrogens with two attached hydrogens (primary N) is 1. The number of hydrogen-bond acceptors (Lipinski definition) is 10.